The molecule has 0 aliphatic carbocycles. The quantitative estimate of drug-likeness (QED) is 0.327. The van der Waals surface area contributed by atoms with Crippen LogP contribution < -0.4 is 0 Å². The summed E-state index contributed by atoms with van der Waals surface area (Å²) in [4.78, 5) is 0. The Labute approximate surface area is 180 Å². The Bertz CT molecular complexity index is 1120. The number of hydrogen-bond donors (Lipinski definition) is 0. The fourth-order valence-corrected chi connectivity index (χ4v) is 3.96. The molecule has 0 bridgehead atoms. The minimum Gasteiger partial charge on any atom is -0.270 e. The number of aromatic nitrogens is 3. The fourth-order valence-electron chi connectivity index (χ4n) is 2.98. The predicted molar refractivity (Wildman–Crippen MR) is 123 cm³/mol. The minimum absolute atomic E-state index is 0.661. The summed E-state index contributed by atoms with van der Waals surface area (Å²) in [7, 11) is 0. The van der Waals surface area contributed by atoms with Crippen LogP contribution >= 0.6 is 23.4 Å². The molecule has 0 spiro atoms. The van der Waals surface area contributed by atoms with Crippen LogP contribution in [0, 0.1) is 6.92 Å². The Morgan fingerprint density at radius 2 is 1.62 bits per heavy atom. The number of aryl methyl sites for hydroxylation is 1. The largest absolute Gasteiger partial charge is 0.270 e. The first-order valence-corrected chi connectivity index (χ1v) is 10.7. The second-order valence-electron chi connectivity index (χ2n) is 6.58. The standard InChI is InChI=1S/C24H20ClN3S/c1-18-13-15-20(16-14-18)28-23(21-11-5-6-12-22(21)25)26-27-24(28)29-17-7-10-19-8-3-2-4-9-19/h2-16H,17H2,1H3/b10-7+. The van der Waals surface area contributed by atoms with Crippen LogP contribution in [-0.4, -0.2) is 20.5 Å². The third-order valence-corrected chi connectivity index (χ3v) is 5.67. The molecule has 4 aromatic rings. The maximum Gasteiger partial charge on any atom is 0.196 e. The number of benzene rings is 3. The minimum atomic E-state index is 0.661. The van der Waals surface area contributed by atoms with Gasteiger partial charge in [0.05, 0.1) is 5.02 Å². The van der Waals surface area contributed by atoms with Gasteiger partial charge >= 0.3 is 0 Å². The van der Waals surface area contributed by atoms with Crippen LogP contribution in [0.3, 0.4) is 0 Å². The van der Waals surface area contributed by atoms with Crippen molar-refractivity contribution in [3.8, 4) is 17.1 Å². The van der Waals surface area contributed by atoms with Gasteiger partial charge in [0.2, 0.25) is 0 Å². The SMILES string of the molecule is Cc1ccc(-n2c(SC/C=C/c3ccccc3)nnc2-c2ccccc2Cl)cc1. The molecular weight excluding hydrogens is 398 g/mol. The van der Waals surface area contributed by atoms with Crippen molar-refractivity contribution < 1.29 is 0 Å². The van der Waals surface area contributed by atoms with Crippen LogP contribution in [-0.2, 0) is 0 Å². The first-order valence-electron chi connectivity index (χ1n) is 9.34. The summed E-state index contributed by atoms with van der Waals surface area (Å²) in [6.45, 7) is 2.08. The lowest BCUT2D eigenvalue weighted by Gasteiger charge is -2.11. The van der Waals surface area contributed by atoms with E-state index in [1.165, 1.54) is 11.1 Å². The van der Waals surface area contributed by atoms with Gasteiger partial charge in [-0.3, -0.25) is 4.57 Å². The topological polar surface area (TPSA) is 30.7 Å². The van der Waals surface area contributed by atoms with Crippen LogP contribution in [0.25, 0.3) is 23.2 Å². The van der Waals surface area contributed by atoms with Crippen LogP contribution in [0.2, 0.25) is 5.02 Å². The van der Waals surface area contributed by atoms with E-state index in [9.17, 15) is 0 Å². The average molecular weight is 418 g/mol. The zero-order valence-electron chi connectivity index (χ0n) is 16.0. The Kier molecular flexibility index (Phi) is 6.13. The third kappa shape index (κ3) is 4.61. The highest BCUT2D eigenvalue weighted by molar-refractivity contribution is 7.99. The first kappa shape index (κ1) is 19.5. The van der Waals surface area contributed by atoms with Gasteiger partial charge in [-0.1, -0.05) is 95.7 Å². The van der Waals surface area contributed by atoms with Gasteiger partial charge in [-0.25, -0.2) is 0 Å². The summed E-state index contributed by atoms with van der Waals surface area (Å²) in [5.41, 5.74) is 4.28. The van der Waals surface area contributed by atoms with Crippen LogP contribution in [0.5, 0.6) is 0 Å². The van der Waals surface area contributed by atoms with Gasteiger partial charge in [-0.05, 0) is 36.8 Å². The highest BCUT2D eigenvalue weighted by Gasteiger charge is 2.17. The van der Waals surface area contributed by atoms with Crippen molar-refractivity contribution >= 4 is 29.4 Å². The van der Waals surface area contributed by atoms with E-state index in [0.29, 0.717) is 5.02 Å². The monoisotopic (exact) mass is 417 g/mol. The van der Waals surface area contributed by atoms with E-state index in [0.717, 1.165) is 28.0 Å². The molecule has 0 N–H and O–H groups in total. The zero-order valence-corrected chi connectivity index (χ0v) is 17.6. The zero-order chi connectivity index (χ0) is 20.1. The molecule has 0 fully saturated rings. The molecule has 0 radical (unpaired) electrons. The van der Waals surface area contributed by atoms with Gasteiger partial charge in [-0.15, -0.1) is 10.2 Å². The first-order chi connectivity index (χ1) is 14.2. The van der Waals surface area contributed by atoms with Crippen LogP contribution in [0.15, 0.2) is 90.1 Å². The average Bonchev–Trinajstić information content (AvgIpc) is 3.16. The molecule has 0 atom stereocenters. The highest BCUT2D eigenvalue weighted by Crippen LogP contribution is 2.32. The van der Waals surface area contributed by atoms with Crippen molar-refractivity contribution in [2.45, 2.75) is 12.1 Å². The van der Waals surface area contributed by atoms with Gasteiger partial charge in [0, 0.05) is 17.0 Å². The molecule has 4 rings (SSSR count). The number of halogens is 1. The maximum atomic E-state index is 6.45. The lowest BCUT2D eigenvalue weighted by Crippen LogP contribution is -2.00. The van der Waals surface area contributed by atoms with E-state index in [2.05, 4.69) is 70.2 Å². The lowest BCUT2D eigenvalue weighted by molar-refractivity contribution is 0.887. The number of nitrogens with zero attached hydrogens (tertiary/aromatic N) is 3. The molecule has 0 aliphatic heterocycles. The molecule has 5 heteroatoms. The van der Waals surface area contributed by atoms with Gasteiger partial charge < -0.3 is 0 Å². The molecule has 0 unspecified atom stereocenters. The second-order valence-corrected chi connectivity index (χ2v) is 7.98. The summed E-state index contributed by atoms with van der Waals surface area (Å²) in [6, 6.07) is 26.4. The van der Waals surface area contributed by atoms with Gasteiger partial charge in [-0.2, -0.15) is 0 Å². The maximum absolute atomic E-state index is 6.45. The molecule has 0 aliphatic rings. The van der Waals surface area contributed by atoms with Gasteiger partial charge in [0.25, 0.3) is 0 Å². The Hall–Kier alpha value is -2.82. The molecular formula is C24H20ClN3S. The smallest absolute Gasteiger partial charge is 0.196 e. The lowest BCUT2D eigenvalue weighted by atomic mass is 10.2. The van der Waals surface area contributed by atoms with E-state index in [1.807, 2.05) is 42.5 Å². The Morgan fingerprint density at radius 3 is 2.38 bits per heavy atom. The molecule has 0 saturated heterocycles. The predicted octanol–water partition coefficient (Wildman–Crippen LogP) is 6.70. The van der Waals surface area contributed by atoms with Crippen molar-refractivity contribution in [2.75, 3.05) is 5.75 Å². The molecule has 0 saturated carbocycles. The van der Waals surface area contributed by atoms with E-state index < -0.39 is 0 Å². The van der Waals surface area contributed by atoms with E-state index in [1.54, 1.807) is 11.8 Å². The molecule has 3 nitrogen and oxygen atoms in total. The Balaban J connectivity index is 1.66. The Morgan fingerprint density at radius 1 is 0.897 bits per heavy atom. The third-order valence-electron chi connectivity index (χ3n) is 4.46. The molecule has 144 valence electrons. The highest BCUT2D eigenvalue weighted by atomic mass is 35.5. The fraction of sp³-hybridized carbons (Fsp3) is 0.0833. The van der Waals surface area contributed by atoms with Crippen molar-refractivity contribution in [3.63, 3.8) is 0 Å². The second kappa shape index (κ2) is 9.12. The summed E-state index contributed by atoms with van der Waals surface area (Å²) in [6.07, 6.45) is 4.26. The van der Waals surface area contributed by atoms with Crippen LogP contribution in [0.1, 0.15) is 11.1 Å². The number of rotatable bonds is 6. The summed E-state index contributed by atoms with van der Waals surface area (Å²) in [5.74, 6) is 1.54. The van der Waals surface area contributed by atoms with Gasteiger partial charge in [0.1, 0.15) is 0 Å². The van der Waals surface area contributed by atoms with E-state index in [4.69, 9.17) is 11.6 Å². The summed E-state index contributed by atoms with van der Waals surface area (Å²) in [5, 5.41) is 10.4. The molecule has 1 aromatic heterocycles. The van der Waals surface area contributed by atoms with Crippen molar-refractivity contribution in [3.05, 3.63) is 101 Å². The van der Waals surface area contributed by atoms with Crippen molar-refractivity contribution in [2.24, 2.45) is 0 Å². The number of thioether (sulfide) groups is 1. The molecule has 1 heterocycles. The van der Waals surface area contributed by atoms with Crippen molar-refractivity contribution in [1.29, 1.82) is 0 Å². The molecule has 3 aromatic carbocycles. The summed E-state index contributed by atoms with van der Waals surface area (Å²) < 4.78 is 2.07. The van der Waals surface area contributed by atoms with Crippen molar-refractivity contribution in [1.82, 2.24) is 14.8 Å². The molecule has 0 amide bonds. The molecule has 29 heavy (non-hydrogen) atoms. The van der Waals surface area contributed by atoms with E-state index in [-0.39, 0.29) is 0 Å². The summed E-state index contributed by atoms with van der Waals surface area (Å²) >= 11 is 8.09. The number of hydrogen-bond acceptors (Lipinski definition) is 3. The van der Waals surface area contributed by atoms with Crippen LogP contribution in [0.4, 0.5) is 0 Å². The van der Waals surface area contributed by atoms with Gasteiger partial charge in [0.15, 0.2) is 11.0 Å². The normalized spacial score (nSPS) is 11.2. The van der Waals surface area contributed by atoms with E-state index >= 15 is 0 Å².